The third-order valence-electron chi connectivity index (χ3n) is 2.30. The van der Waals surface area contributed by atoms with Crippen LogP contribution < -0.4 is 5.32 Å². The van der Waals surface area contributed by atoms with Crippen LogP contribution in [0, 0.1) is 11.8 Å². The van der Waals surface area contributed by atoms with Crippen LogP contribution in [-0.4, -0.2) is 42.4 Å². The minimum absolute atomic E-state index is 0.00783. The summed E-state index contributed by atoms with van der Waals surface area (Å²) < 4.78 is 36.0. The molecule has 0 atom stereocenters. The van der Waals surface area contributed by atoms with Crippen molar-refractivity contribution in [1.82, 2.24) is 10.2 Å². The Labute approximate surface area is 124 Å². The van der Waals surface area contributed by atoms with Gasteiger partial charge in [0, 0.05) is 29.3 Å². The van der Waals surface area contributed by atoms with Gasteiger partial charge in [0.05, 0.1) is 13.2 Å². The van der Waals surface area contributed by atoms with Crippen molar-refractivity contribution in [2.75, 3.05) is 20.2 Å². The van der Waals surface area contributed by atoms with Crippen molar-refractivity contribution in [2.24, 2.45) is 0 Å². The zero-order valence-electron chi connectivity index (χ0n) is 11.3. The fourth-order valence-electron chi connectivity index (χ4n) is 1.37. The second-order valence-corrected chi connectivity index (χ2v) is 5.20. The second-order valence-electron chi connectivity index (χ2n) is 4.21. The van der Waals surface area contributed by atoms with Crippen LogP contribution in [-0.2, 0) is 6.54 Å². The topological polar surface area (TPSA) is 52.6 Å². The van der Waals surface area contributed by atoms with Crippen LogP contribution in [0.3, 0.4) is 0 Å². The summed E-state index contributed by atoms with van der Waals surface area (Å²) in [5.74, 6) is 5.61. The SMILES string of the molecule is CN(Cc1cc(C#CCCO)cs1)C(=O)NCC(F)(F)F. The van der Waals surface area contributed by atoms with E-state index in [1.165, 1.54) is 23.3 Å². The first-order valence-corrected chi connectivity index (χ1v) is 6.92. The fraction of sp³-hybridized carbons (Fsp3) is 0.462. The summed E-state index contributed by atoms with van der Waals surface area (Å²) in [6.07, 6.45) is -4.04. The summed E-state index contributed by atoms with van der Waals surface area (Å²) in [7, 11) is 1.42. The normalized spacial score (nSPS) is 10.7. The Morgan fingerprint density at radius 3 is 2.86 bits per heavy atom. The molecule has 0 saturated carbocycles. The maximum atomic E-state index is 12.0. The Hall–Kier alpha value is -1.72. The number of carbonyl (C=O) groups excluding carboxylic acids is 1. The molecular weight excluding hydrogens is 305 g/mol. The van der Waals surface area contributed by atoms with Gasteiger partial charge in [-0.1, -0.05) is 11.8 Å². The van der Waals surface area contributed by atoms with E-state index in [-0.39, 0.29) is 13.2 Å². The second kappa shape index (κ2) is 7.90. The van der Waals surface area contributed by atoms with Crippen LogP contribution in [0.4, 0.5) is 18.0 Å². The first-order valence-electron chi connectivity index (χ1n) is 6.04. The number of carbonyl (C=O) groups is 1. The molecule has 8 heteroatoms. The van der Waals surface area contributed by atoms with Crippen LogP contribution in [0.15, 0.2) is 11.4 Å². The van der Waals surface area contributed by atoms with E-state index < -0.39 is 18.8 Å². The number of hydrogen-bond acceptors (Lipinski definition) is 3. The quantitative estimate of drug-likeness (QED) is 0.836. The highest BCUT2D eigenvalue weighted by atomic mass is 32.1. The lowest BCUT2D eigenvalue weighted by Crippen LogP contribution is -2.41. The van der Waals surface area contributed by atoms with Gasteiger partial charge in [-0.3, -0.25) is 0 Å². The number of alkyl halides is 3. The Morgan fingerprint density at radius 2 is 2.24 bits per heavy atom. The minimum atomic E-state index is -4.42. The first-order chi connectivity index (χ1) is 9.81. The molecule has 4 nitrogen and oxygen atoms in total. The average Bonchev–Trinajstić information content (AvgIpc) is 2.83. The third kappa shape index (κ3) is 7.02. The molecule has 2 N–H and O–H groups in total. The van der Waals surface area contributed by atoms with Gasteiger partial charge in [0.15, 0.2) is 0 Å². The highest BCUT2D eigenvalue weighted by Crippen LogP contribution is 2.16. The van der Waals surface area contributed by atoms with Crippen LogP contribution in [0.2, 0.25) is 0 Å². The molecule has 0 radical (unpaired) electrons. The maximum Gasteiger partial charge on any atom is 0.405 e. The van der Waals surface area contributed by atoms with E-state index in [2.05, 4.69) is 11.8 Å². The van der Waals surface area contributed by atoms with Crippen LogP contribution >= 0.6 is 11.3 Å². The van der Waals surface area contributed by atoms with Gasteiger partial charge in [0.25, 0.3) is 0 Å². The highest BCUT2D eigenvalue weighted by molar-refractivity contribution is 7.10. The standard InChI is InChI=1S/C13H15F3N2O2S/c1-18(12(20)17-9-13(14,15)16)7-11-6-10(8-21-11)4-2-3-5-19/h6,8,19H,3,5,7,9H2,1H3,(H,17,20). The lowest BCUT2D eigenvalue weighted by atomic mass is 10.3. The maximum absolute atomic E-state index is 12.0. The Morgan fingerprint density at radius 1 is 1.52 bits per heavy atom. The van der Waals surface area contributed by atoms with E-state index in [1.54, 1.807) is 16.8 Å². The number of aliphatic hydroxyl groups is 1. The van der Waals surface area contributed by atoms with Gasteiger partial charge in [0.1, 0.15) is 6.54 Å². The summed E-state index contributed by atoms with van der Waals surface area (Å²) in [5.41, 5.74) is 0.757. The zero-order chi connectivity index (χ0) is 15.9. The molecule has 1 heterocycles. The molecule has 0 unspecified atom stereocenters. The van der Waals surface area contributed by atoms with Crippen molar-refractivity contribution in [3.8, 4) is 11.8 Å². The lowest BCUT2D eigenvalue weighted by Gasteiger charge is -2.17. The molecule has 1 aromatic heterocycles. The number of amides is 2. The summed E-state index contributed by atoms with van der Waals surface area (Å²) in [5, 5.41) is 12.2. The summed E-state index contributed by atoms with van der Waals surface area (Å²) >= 11 is 1.37. The fourth-order valence-corrected chi connectivity index (χ4v) is 2.23. The van der Waals surface area contributed by atoms with E-state index in [9.17, 15) is 18.0 Å². The highest BCUT2D eigenvalue weighted by Gasteiger charge is 2.28. The van der Waals surface area contributed by atoms with Crippen molar-refractivity contribution in [2.45, 2.75) is 19.1 Å². The van der Waals surface area contributed by atoms with Crippen molar-refractivity contribution in [3.63, 3.8) is 0 Å². The molecule has 2 amide bonds. The molecule has 0 aliphatic rings. The predicted octanol–water partition coefficient (Wildman–Crippen LogP) is 2.19. The Bertz CT molecular complexity index is 531. The van der Waals surface area contributed by atoms with Gasteiger partial charge in [-0.15, -0.1) is 11.3 Å². The summed E-state index contributed by atoms with van der Waals surface area (Å²) in [6, 6.07) is 0.983. The number of nitrogens with one attached hydrogen (secondary N) is 1. The third-order valence-corrected chi connectivity index (χ3v) is 3.22. The Kier molecular flexibility index (Phi) is 6.52. The molecule has 0 aliphatic heterocycles. The molecule has 0 aliphatic carbocycles. The van der Waals surface area contributed by atoms with Crippen LogP contribution in [0.5, 0.6) is 0 Å². The van der Waals surface area contributed by atoms with Gasteiger partial charge < -0.3 is 15.3 Å². The van der Waals surface area contributed by atoms with Crippen LogP contribution in [0.1, 0.15) is 16.9 Å². The number of thiophene rings is 1. The van der Waals surface area contributed by atoms with Crippen molar-refractivity contribution in [3.05, 3.63) is 21.9 Å². The molecule has 0 bridgehead atoms. The van der Waals surface area contributed by atoms with Crippen LogP contribution in [0.25, 0.3) is 0 Å². The number of urea groups is 1. The molecule has 0 aromatic carbocycles. The first kappa shape index (κ1) is 17.3. The average molecular weight is 320 g/mol. The van der Waals surface area contributed by atoms with Crippen molar-refractivity contribution >= 4 is 17.4 Å². The van der Waals surface area contributed by atoms with Gasteiger partial charge in [-0.25, -0.2) is 4.79 Å². The zero-order valence-corrected chi connectivity index (χ0v) is 12.1. The summed E-state index contributed by atoms with van der Waals surface area (Å²) in [6.45, 7) is -1.15. The minimum Gasteiger partial charge on any atom is -0.395 e. The van der Waals surface area contributed by atoms with Gasteiger partial charge >= 0.3 is 12.2 Å². The van der Waals surface area contributed by atoms with E-state index in [0.29, 0.717) is 6.42 Å². The van der Waals surface area contributed by atoms with Crippen molar-refractivity contribution < 1.29 is 23.1 Å². The molecule has 0 fully saturated rings. The van der Waals surface area contributed by atoms with Crippen molar-refractivity contribution in [1.29, 1.82) is 0 Å². The molecule has 0 saturated heterocycles. The van der Waals surface area contributed by atoms with Gasteiger partial charge in [-0.2, -0.15) is 13.2 Å². The summed E-state index contributed by atoms with van der Waals surface area (Å²) in [4.78, 5) is 13.5. The molecule has 116 valence electrons. The molecular formula is C13H15F3N2O2S. The number of aliphatic hydroxyl groups excluding tert-OH is 1. The molecule has 21 heavy (non-hydrogen) atoms. The number of hydrogen-bond donors (Lipinski definition) is 2. The number of halogens is 3. The van der Waals surface area contributed by atoms with E-state index in [1.807, 2.05) is 0 Å². The molecule has 1 rings (SSSR count). The largest absolute Gasteiger partial charge is 0.405 e. The van der Waals surface area contributed by atoms with E-state index in [0.717, 1.165) is 10.4 Å². The predicted molar refractivity (Wildman–Crippen MR) is 73.8 cm³/mol. The smallest absolute Gasteiger partial charge is 0.395 e. The van der Waals surface area contributed by atoms with Gasteiger partial charge in [0.2, 0.25) is 0 Å². The van der Waals surface area contributed by atoms with E-state index in [4.69, 9.17) is 5.11 Å². The monoisotopic (exact) mass is 320 g/mol. The van der Waals surface area contributed by atoms with Gasteiger partial charge in [-0.05, 0) is 6.07 Å². The lowest BCUT2D eigenvalue weighted by molar-refractivity contribution is -0.123. The number of rotatable bonds is 4. The molecule has 1 aromatic rings. The number of nitrogens with zero attached hydrogens (tertiary/aromatic N) is 1. The van der Waals surface area contributed by atoms with E-state index >= 15 is 0 Å². The molecule has 0 spiro atoms. The Balaban J connectivity index is 2.49.